The number of hydrogen-bond acceptors (Lipinski definition) is 3. The molecular weight excluding hydrogens is 284 g/mol. The fraction of sp³-hybridized carbons (Fsp3) is 0.300. The monoisotopic (exact) mass is 304 g/mol. The van der Waals surface area contributed by atoms with Gasteiger partial charge >= 0.3 is 0 Å². The molecule has 4 rings (SSSR count). The van der Waals surface area contributed by atoms with Crippen molar-refractivity contribution >= 4 is 0 Å². The van der Waals surface area contributed by atoms with E-state index in [1.54, 1.807) is 0 Å². The topological polar surface area (TPSA) is 38.9 Å². The second-order valence-electron chi connectivity index (χ2n) is 6.30. The fourth-order valence-electron chi connectivity index (χ4n) is 3.66. The molecule has 0 aliphatic heterocycles. The predicted molar refractivity (Wildman–Crippen MR) is 90.0 cm³/mol. The van der Waals surface area contributed by atoms with Crippen LogP contribution in [-0.4, -0.2) is 10.1 Å². The number of benzene rings is 2. The molecule has 3 aromatic rings. The highest BCUT2D eigenvalue weighted by Gasteiger charge is 2.40. The maximum atomic E-state index is 5.76. The Balaban J connectivity index is 1.78. The molecule has 1 aliphatic carbocycles. The molecule has 1 fully saturated rings. The molecule has 0 N–H and O–H groups in total. The number of aromatic nitrogens is 2. The molecule has 23 heavy (non-hydrogen) atoms. The van der Waals surface area contributed by atoms with Crippen LogP contribution >= 0.6 is 0 Å². The van der Waals surface area contributed by atoms with Crippen molar-refractivity contribution in [1.29, 1.82) is 0 Å². The average Bonchev–Trinajstić information content (AvgIpc) is 3.14. The summed E-state index contributed by atoms with van der Waals surface area (Å²) in [5, 5.41) is 4.25. The number of rotatable bonds is 3. The molecule has 0 amide bonds. The van der Waals surface area contributed by atoms with E-state index >= 15 is 0 Å². The highest BCUT2D eigenvalue weighted by Crippen LogP contribution is 2.44. The first-order valence-electron chi connectivity index (χ1n) is 8.34. The van der Waals surface area contributed by atoms with Crippen LogP contribution in [0.25, 0.3) is 11.4 Å². The summed E-state index contributed by atoms with van der Waals surface area (Å²) in [7, 11) is 0. The quantitative estimate of drug-likeness (QED) is 0.684. The lowest BCUT2D eigenvalue weighted by molar-refractivity contribution is 0.251. The fourth-order valence-corrected chi connectivity index (χ4v) is 3.66. The van der Waals surface area contributed by atoms with E-state index in [0.717, 1.165) is 24.3 Å². The Bertz CT molecular complexity index is 759. The summed E-state index contributed by atoms with van der Waals surface area (Å²) >= 11 is 0. The van der Waals surface area contributed by atoms with E-state index in [9.17, 15) is 0 Å². The van der Waals surface area contributed by atoms with E-state index in [0.29, 0.717) is 5.82 Å². The van der Waals surface area contributed by atoms with Gasteiger partial charge in [0.05, 0.1) is 5.41 Å². The molecule has 0 unspecified atom stereocenters. The third kappa shape index (κ3) is 2.56. The Morgan fingerprint density at radius 2 is 1.43 bits per heavy atom. The van der Waals surface area contributed by atoms with Gasteiger partial charge in [0.2, 0.25) is 11.7 Å². The zero-order valence-electron chi connectivity index (χ0n) is 13.1. The van der Waals surface area contributed by atoms with Crippen molar-refractivity contribution < 1.29 is 4.52 Å². The molecule has 3 nitrogen and oxygen atoms in total. The van der Waals surface area contributed by atoms with Gasteiger partial charge in [0.15, 0.2) is 0 Å². The highest BCUT2D eigenvalue weighted by atomic mass is 16.5. The van der Waals surface area contributed by atoms with Crippen LogP contribution in [0.5, 0.6) is 0 Å². The smallest absolute Gasteiger partial charge is 0.237 e. The van der Waals surface area contributed by atoms with Crippen molar-refractivity contribution in [1.82, 2.24) is 10.1 Å². The van der Waals surface area contributed by atoms with Crippen LogP contribution < -0.4 is 0 Å². The van der Waals surface area contributed by atoms with Crippen molar-refractivity contribution in [2.45, 2.75) is 37.5 Å². The predicted octanol–water partition coefficient (Wildman–Crippen LogP) is 4.99. The van der Waals surface area contributed by atoms with E-state index < -0.39 is 0 Å². The Kier molecular flexibility index (Phi) is 3.70. The molecule has 3 heteroatoms. The van der Waals surface area contributed by atoms with Crippen LogP contribution in [0.3, 0.4) is 0 Å². The van der Waals surface area contributed by atoms with E-state index in [-0.39, 0.29) is 5.41 Å². The first-order chi connectivity index (χ1) is 11.4. The van der Waals surface area contributed by atoms with Crippen LogP contribution in [0.2, 0.25) is 0 Å². The van der Waals surface area contributed by atoms with E-state index in [1.165, 1.54) is 24.8 Å². The van der Waals surface area contributed by atoms with Gasteiger partial charge in [-0.05, 0) is 18.4 Å². The third-order valence-electron chi connectivity index (χ3n) is 4.90. The molecule has 0 radical (unpaired) electrons. The van der Waals surface area contributed by atoms with Crippen molar-refractivity contribution in [3.8, 4) is 11.4 Å². The van der Waals surface area contributed by atoms with Gasteiger partial charge in [-0.15, -0.1) is 0 Å². The third-order valence-corrected chi connectivity index (χ3v) is 4.90. The van der Waals surface area contributed by atoms with Crippen molar-refractivity contribution in [2.24, 2.45) is 0 Å². The second kappa shape index (κ2) is 5.99. The zero-order valence-corrected chi connectivity index (χ0v) is 13.1. The summed E-state index contributed by atoms with van der Waals surface area (Å²) < 4.78 is 5.76. The molecule has 1 heterocycles. The van der Waals surface area contributed by atoms with Crippen molar-refractivity contribution in [3.63, 3.8) is 0 Å². The summed E-state index contributed by atoms with van der Waals surface area (Å²) in [6.07, 6.45) is 5.85. The average molecular weight is 304 g/mol. The number of nitrogens with zero attached hydrogens (tertiary/aromatic N) is 2. The molecule has 116 valence electrons. The molecule has 0 saturated heterocycles. The van der Waals surface area contributed by atoms with Gasteiger partial charge in [-0.1, -0.05) is 85.1 Å². The van der Waals surface area contributed by atoms with E-state index in [1.807, 2.05) is 30.3 Å². The normalized spacial score (nSPS) is 17.0. The zero-order chi connectivity index (χ0) is 15.5. The minimum absolute atomic E-state index is 0.125. The second-order valence-corrected chi connectivity index (χ2v) is 6.30. The molecular formula is C20H20N2O. The molecule has 1 saturated carbocycles. The van der Waals surface area contributed by atoms with Crippen LogP contribution in [0.1, 0.15) is 43.6 Å². The van der Waals surface area contributed by atoms with Gasteiger partial charge in [-0.3, -0.25) is 0 Å². The minimum Gasteiger partial charge on any atom is -0.338 e. The van der Waals surface area contributed by atoms with Crippen LogP contribution in [0.15, 0.2) is 65.2 Å². The van der Waals surface area contributed by atoms with Crippen molar-refractivity contribution in [2.75, 3.05) is 0 Å². The Morgan fingerprint density at radius 3 is 2.13 bits per heavy atom. The molecule has 0 atom stereocenters. The first-order valence-corrected chi connectivity index (χ1v) is 8.34. The van der Waals surface area contributed by atoms with Crippen LogP contribution in [0.4, 0.5) is 0 Å². The molecule has 1 aromatic heterocycles. The highest BCUT2D eigenvalue weighted by molar-refractivity contribution is 5.54. The van der Waals surface area contributed by atoms with E-state index in [2.05, 4.69) is 35.5 Å². The molecule has 0 bridgehead atoms. The lowest BCUT2D eigenvalue weighted by atomic mass is 9.69. The summed E-state index contributed by atoms with van der Waals surface area (Å²) in [5.41, 5.74) is 2.17. The maximum absolute atomic E-state index is 5.76. The van der Waals surface area contributed by atoms with Crippen LogP contribution in [0, 0.1) is 0 Å². The van der Waals surface area contributed by atoms with Gasteiger partial charge in [0.25, 0.3) is 0 Å². The largest absolute Gasteiger partial charge is 0.338 e. The van der Waals surface area contributed by atoms with Gasteiger partial charge in [-0.2, -0.15) is 4.98 Å². The first kappa shape index (κ1) is 14.2. The van der Waals surface area contributed by atoms with Gasteiger partial charge in [0, 0.05) is 5.56 Å². The molecule has 2 aromatic carbocycles. The van der Waals surface area contributed by atoms with Gasteiger partial charge in [0.1, 0.15) is 0 Å². The number of hydrogen-bond donors (Lipinski definition) is 0. The van der Waals surface area contributed by atoms with Gasteiger partial charge in [-0.25, -0.2) is 0 Å². The summed E-state index contributed by atoms with van der Waals surface area (Å²) in [4.78, 5) is 4.77. The SMILES string of the molecule is c1ccc(-c2noc(C3(c4ccccc4)CCCCC3)n2)cc1. The lowest BCUT2D eigenvalue weighted by Gasteiger charge is -2.34. The standard InChI is InChI=1S/C20H20N2O/c1-4-10-16(11-5-1)18-21-19(23-22-18)20(14-8-3-9-15-20)17-12-6-2-7-13-17/h1-2,4-7,10-13H,3,8-9,14-15H2. The summed E-state index contributed by atoms with van der Waals surface area (Å²) in [5.74, 6) is 1.45. The Morgan fingerprint density at radius 1 is 0.783 bits per heavy atom. The van der Waals surface area contributed by atoms with Crippen LogP contribution in [-0.2, 0) is 5.41 Å². The summed E-state index contributed by atoms with van der Waals surface area (Å²) in [6, 6.07) is 20.7. The Hall–Kier alpha value is -2.42. The summed E-state index contributed by atoms with van der Waals surface area (Å²) in [6.45, 7) is 0. The molecule has 0 spiro atoms. The van der Waals surface area contributed by atoms with Crippen molar-refractivity contribution in [3.05, 3.63) is 72.1 Å². The van der Waals surface area contributed by atoms with E-state index in [4.69, 9.17) is 9.51 Å². The maximum Gasteiger partial charge on any atom is 0.237 e. The molecule has 1 aliphatic rings. The van der Waals surface area contributed by atoms with Gasteiger partial charge < -0.3 is 4.52 Å². The minimum atomic E-state index is -0.125. The lowest BCUT2D eigenvalue weighted by Crippen LogP contribution is -2.30. The Labute approximate surface area is 136 Å².